The van der Waals surface area contributed by atoms with Crippen LogP contribution >= 0.6 is 11.3 Å². The molecule has 0 aliphatic carbocycles. The van der Waals surface area contributed by atoms with Gasteiger partial charge in [0, 0.05) is 15.5 Å². The molecule has 1 aromatic carbocycles. The van der Waals surface area contributed by atoms with Crippen LogP contribution in [0.15, 0.2) is 23.6 Å². The number of aryl methyl sites for hydroxylation is 1. The molecule has 72 valence electrons. The molecular weight excluding hydrogens is 196 g/mol. The predicted molar refractivity (Wildman–Crippen MR) is 58.2 cm³/mol. The summed E-state index contributed by atoms with van der Waals surface area (Å²) in [6.45, 7) is 2.09. The molecule has 0 fully saturated rings. The number of rotatable bonds is 2. The second kappa shape index (κ2) is 3.42. The lowest BCUT2D eigenvalue weighted by Crippen LogP contribution is -1.93. The number of carboxylic acids is 1. The molecule has 14 heavy (non-hydrogen) atoms. The zero-order valence-electron chi connectivity index (χ0n) is 7.78. The summed E-state index contributed by atoms with van der Waals surface area (Å²) in [5.74, 6) is -0.847. The zero-order valence-corrected chi connectivity index (χ0v) is 8.60. The molecule has 2 nitrogen and oxygen atoms in total. The van der Waals surface area contributed by atoms with E-state index in [1.165, 1.54) is 16.9 Å². The van der Waals surface area contributed by atoms with Crippen molar-refractivity contribution >= 4 is 27.4 Å². The molecule has 0 aliphatic rings. The van der Waals surface area contributed by atoms with Crippen molar-refractivity contribution in [3.8, 4) is 0 Å². The fourth-order valence-electron chi connectivity index (χ4n) is 1.46. The molecule has 0 bridgehead atoms. The molecule has 3 heteroatoms. The first-order chi connectivity index (χ1) is 6.72. The molecule has 0 amide bonds. The summed E-state index contributed by atoms with van der Waals surface area (Å²) >= 11 is 1.49. The molecule has 0 aliphatic heterocycles. The maximum atomic E-state index is 10.8. The molecular formula is C11H10O2S. The number of hydrogen-bond donors (Lipinski definition) is 1. The molecule has 1 aromatic heterocycles. The van der Waals surface area contributed by atoms with Crippen molar-refractivity contribution in [2.24, 2.45) is 0 Å². The third-order valence-corrected chi connectivity index (χ3v) is 3.22. The van der Waals surface area contributed by atoms with Crippen LogP contribution in [-0.2, 0) is 6.42 Å². The monoisotopic (exact) mass is 206 g/mol. The zero-order chi connectivity index (χ0) is 10.1. The first kappa shape index (κ1) is 9.21. The standard InChI is InChI=1S/C11H10O2S/c1-2-7-3-4-8-9(11(12)13)6-14-10(8)5-7/h3-6H,2H2,1H3,(H,12,13). The highest BCUT2D eigenvalue weighted by Gasteiger charge is 2.10. The molecule has 0 unspecified atom stereocenters. The molecule has 0 radical (unpaired) electrons. The van der Waals surface area contributed by atoms with Crippen molar-refractivity contribution in [3.63, 3.8) is 0 Å². The van der Waals surface area contributed by atoms with E-state index in [1.54, 1.807) is 5.38 Å². The van der Waals surface area contributed by atoms with Gasteiger partial charge in [-0.3, -0.25) is 0 Å². The van der Waals surface area contributed by atoms with Crippen molar-refractivity contribution in [1.29, 1.82) is 0 Å². The summed E-state index contributed by atoms with van der Waals surface area (Å²) in [6, 6.07) is 5.95. The van der Waals surface area contributed by atoms with Gasteiger partial charge >= 0.3 is 5.97 Å². The van der Waals surface area contributed by atoms with Crippen LogP contribution in [0.2, 0.25) is 0 Å². The lowest BCUT2D eigenvalue weighted by molar-refractivity contribution is 0.0699. The number of thiophene rings is 1. The van der Waals surface area contributed by atoms with Crippen LogP contribution in [0.25, 0.3) is 10.1 Å². The van der Waals surface area contributed by atoms with E-state index in [2.05, 4.69) is 13.0 Å². The van der Waals surface area contributed by atoms with Gasteiger partial charge in [-0.15, -0.1) is 11.3 Å². The van der Waals surface area contributed by atoms with E-state index >= 15 is 0 Å². The van der Waals surface area contributed by atoms with Gasteiger partial charge < -0.3 is 5.11 Å². The molecule has 1 heterocycles. The number of benzene rings is 1. The minimum atomic E-state index is -0.847. The second-order valence-corrected chi connectivity index (χ2v) is 4.05. The molecule has 0 saturated carbocycles. The van der Waals surface area contributed by atoms with E-state index in [9.17, 15) is 4.79 Å². The van der Waals surface area contributed by atoms with Gasteiger partial charge in [0.25, 0.3) is 0 Å². The van der Waals surface area contributed by atoms with E-state index < -0.39 is 5.97 Å². The first-order valence-electron chi connectivity index (χ1n) is 4.45. The van der Waals surface area contributed by atoms with Gasteiger partial charge in [0.15, 0.2) is 0 Å². The van der Waals surface area contributed by atoms with Crippen LogP contribution in [0.1, 0.15) is 22.8 Å². The molecule has 1 N–H and O–H groups in total. The Bertz CT molecular complexity index is 485. The quantitative estimate of drug-likeness (QED) is 0.819. The van der Waals surface area contributed by atoms with Gasteiger partial charge in [-0.25, -0.2) is 4.79 Å². The van der Waals surface area contributed by atoms with Crippen LogP contribution in [0.5, 0.6) is 0 Å². The lowest BCUT2D eigenvalue weighted by atomic mass is 10.1. The van der Waals surface area contributed by atoms with Crippen LogP contribution in [0, 0.1) is 0 Å². The fraction of sp³-hybridized carbons (Fsp3) is 0.182. The van der Waals surface area contributed by atoms with Crippen molar-refractivity contribution in [2.45, 2.75) is 13.3 Å². The summed E-state index contributed by atoms with van der Waals surface area (Å²) in [6.07, 6.45) is 0.982. The minimum Gasteiger partial charge on any atom is -0.478 e. The first-order valence-corrected chi connectivity index (χ1v) is 5.33. The van der Waals surface area contributed by atoms with Crippen molar-refractivity contribution in [2.75, 3.05) is 0 Å². The van der Waals surface area contributed by atoms with E-state index in [0.717, 1.165) is 16.5 Å². The number of fused-ring (bicyclic) bond motifs is 1. The largest absolute Gasteiger partial charge is 0.478 e. The Morgan fingerprint density at radius 2 is 2.29 bits per heavy atom. The van der Waals surface area contributed by atoms with Gasteiger partial charge in [-0.1, -0.05) is 19.1 Å². The van der Waals surface area contributed by atoms with Gasteiger partial charge in [0.2, 0.25) is 0 Å². The Morgan fingerprint density at radius 1 is 1.50 bits per heavy atom. The van der Waals surface area contributed by atoms with E-state index in [0.29, 0.717) is 5.56 Å². The summed E-state index contributed by atoms with van der Waals surface area (Å²) in [4.78, 5) is 10.8. The fourth-order valence-corrected chi connectivity index (χ4v) is 2.46. The number of carboxylic acid groups (broad SMARTS) is 1. The van der Waals surface area contributed by atoms with Crippen molar-refractivity contribution < 1.29 is 9.90 Å². The maximum absolute atomic E-state index is 10.8. The van der Waals surface area contributed by atoms with Crippen molar-refractivity contribution in [3.05, 3.63) is 34.7 Å². The van der Waals surface area contributed by atoms with Gasteiger partial charge in [0.05, 0.1) is 5.56 Å². The number of hydrogen-bond acceptors (Lipinski definition) is 2. The second-order valence-electron chi connectivity index (χ2n) is 3.14. The molecule has 2 aromatic rings. The predicted octanol–water partition coefficient (Wildman–Crippen LogP) is 3.16. The topological polar surface area (TPSA) is 37.3 Å². The van der Waals surface area contributed by atoms with Gasteiger partial charge in [-0.2, -0.15) is 0 Å². The summed E-state index contributed by atoms with van der Waals surface area (Å²) in [5, 5.41) is 11.5. The molecule has 0 atom stereocenters. The molecule has 0 spiro atoms. The van der Waals surface area contributed by atoms with E-state index in [4.69, 9.17) is 5.11 Å². The van der Waals surface area contributed by atoms with Crippen LogP contribution < -0.4 is 0 Å². The Kier molecular flexibility index (Phi) is 2.25. The Labute approximate surface area is 85.8 Å². The summed E-state index contributed by atoms with van der Waals surface area (Å²) in [7, 11) is 0. The SMILES string of the molecule is CCc1ccc2c(C(=O)O)csc2c1. The number of carbonyl (C=O) groups is 1. The Morgan fingerprint density at radius 3 is 2.93 bits per heavy atom. The molecule has 0 saturated heterocycles. The smallest absolute Gasteiger partial charge is 0.337 e. The highest BCUT2D eigenvalue weighted by atomic mass is 32.1. The maximum Gasteiger partial charge on any atom is 0.337 e. The van der Waals surface area contributed by atoms with Gasteiger partial charge in [0.1, 0.15) is 0 Å². The van der Waals surface area contributed by atoms with Crippen LogP contribution in [0.4, 0.5) is 0 Å². The average molecular weight is 206 g/mol. The van der Waals surface area contributed by atoms with E-state index in [1.807, 2.05) is 12.1 Å². The van der Waals surface area contributed by atoms with Gasteiger partial charge in [-0.05, 0) is 18.1 Å². The lowest BCUT2D eigenvalue weighted by Gasteiger charge is -1.96. The summed E-state index contributed by atoms with van der Waals surface area (Å²) < 4.78 is 1.06. The highest BCUT2D eigenvalue weighted by Crippen LogP contribution is 2.27. The minimum absolute atomic E-state index is 0.410. The number of aromatic carboxylic acids is 1. The third kappa shape index (κ3) is 1.40. The third-order valence-electron chi connectivity index (χ3n) is 2.28. The molecule has 2 rings (SSSR count). The van der Waals surface area contributed by atoms with Crippen LogP contribution in [-0.4, -0.2) is 11.1 Å². The average Bonchev–Trinajstić information content (AvgIpc) is 2.59. The highest BCUT2D eigenvalue weighted by molar-refractivity contribution is 7.17. The van der Waals surface area contributed by atoms with Crippen molar-refractivity contribution in [1.82, 2.24) is 0 Å². The normalized spacial score (nSPS) is 10.6. The Balaban J connectivity index is 2.65. The summed E-state index contributed by atoms with van der Waals surface area (Å²) in [5.41, 5.74) is 1.66. The Hall–Kier alpha value is -1.35. The van der Waals surface area contributed by atoms with E-state index in [-0.39, 0.29) is 0 Å². The van der Waals surface area contributed by atoms with Crippen LogP contribution in [0.3, 0.4) is 0 Å².